The zero-order valence-corrected chi connectivity index (χ0v) is 11.6. The summed E-state index contributed by atoms with van der Waals surface area (Å²) in [6.45, 7) is 3.83. The lowest BCUT2D eigenvalue weighted by molar-refractivity contribution is -0.128. The third-order valence-electron chi connectivity index (χ3n) is 2.52. The van der Waals surface area contributed by atoms with E-state index in [-0.39, 0.29) is 22.9 Å². The highest BCUT2D eigenvalue weighted by molar-refractivity contribution is 6.31. The standard InChI is InChI=1S/C13H16ClFN2O2/c1-3-16-13(19)8(2)17-12(18)7-9-10(14)5-4-6-11(9)15/h4-6,8H,3,7H2,1-2H3,(H,16,19)(H,17,18)/t8-/m1/s1. The molecular weight excluding hydrogens is 271 g/mol. The normalized spacial score (nSPS) is 11.8. The van der Waals surface area contributed by atoms with Crippen LogP contribution in [0.15, 0.2) is 18.2 Å². The molecule has 2 N–H and O–H groups in total. The van der Waals surface area contributed by atoms with Gasteiger partial charge < -0.3 is 10.6 Å². The fourth-order valence-electron chi connectivity index (χ4n) is 1.55. The number of benzene rings is 1. The Bertz CT molecular complexity index is 459. The third kappa shape index (κ3) is 4.52. The highest BCUT2D eigenvalue weighted by Gasteiger charge is 2.17. The second-order valence-corrected chi connectivity index (χ2v) is 4.47. The van der Waals surface area contributed by atoms with Crippen LogP contribution in [0.3, 0.4) is 0 Å². The summed E-state index contributed by atoms with van der Waals surface area (Å²) in [5.41, 5.74) is 0.129. The first-order chi connectivity index (χ1) is 8.95. The minimum atomic E-state index is -0.669. The van der Waals surface area contributed by atoms with Crippen molar-refractivity contribution in [2.45, 2.75) is 26.3 Å². The Kier molecular flexibility index (Phi) is 5.76. The summed E-state index contributed by atoms with van der Waals surface area (Å²) in [6.07, 6.45) is -0.199. The van der Waals surface area contributed by atoms with Crippen LogP contribution in [0.5, 0.6) is 0 Å². The van der Waals surface area contributed by atoms with Crippen molar-refractivity contribution in [3.63, 3.8) is 0 Å². The van der Waals surface area contributed by atoms with Gasteiger partial charge in [0, 0.05) is 17.1 Å². The number of hydrogen-bond acceptors (Lipinski definition) is 2. The highest BCUT2D eigenvalue weighted by Crippen LogP contribution is 2.19. The predicted octanol–water partition coefficient (Wildman–Crippen LogP) is 1.66. The molecular formula is C13H16ClFN2O2. The Labute approximate surface area is 116 Å². The molecule has 0 saturated heterocycles. The SMILES string of the molecule is CCNC(=O)[C@@H](C)NC(=O)Cc1c(F)cccc1Cl. The summed E-state index contributed by atoms with van der Waals surface area (Å²) < 4.78 is 13.5. The van der Waals surface area contributed by atoms with E-state index in [4.69, 9.17) is 11.6 Å². The second kappa shape index (κ2) is 7.09. The quantitative estimate of drug-likeness (QED) is 0.865. The maximum absolute atomic E-state index is 13.5. The van der Waals surface area contributed by atoms with Crippen molar-refractivity contribution in [2.75, 3.05) is 6.54 Å². The van der Waals surface area contributed by atoms with Gasteiger partial charge in [-0.1, -0.05) is 17.7 Å². The first-order valence-electron chi connectivity index (χ1n) is 5.95. The Balaban J connectivity index is 2.63. The van der Waals surface area contributed by atoms with E-state index >= 15 is 0 Å². The van der Waals surface area contributed by atoms with Crippen molar-refractivity contribution in [1.29, 1.82) is 0 Å². The van der Waals surface area contributed by atoms with Gasteiger partial charge in [-0.15, -0.1) is 0 Å². The molecule has 6 heteroatoms. The predicted molar refractivity (Wildman–Crippen MR) is 71.4 cm³/mol. The zero-order chi connectivity index (χ0) is 14.4. The molecule has 0 saturated carbocycles. The third-order valence-corrected chi connectivity index (χ3v) is 2.87. The van der Waals surface area contributed by atoms with E-state index in [0.717, 1.165) is 0 Å². The molecule has 0 fully saturated rings. The number of halogens is 2. The Morgan fingerprint density at radius 1 is 1.42 bits per heavy atom. The number of rotatable bonds is 5. The Hall–Kier alpha value is -1.62. The van der Waals surface area contributed by atoms with Gasteiger partial charge in [-0.3, -0.25) is 9.59 Å². The van der Waals surface area contributed by atoms with Crippen molar-refractivity contribution in [3.05, 3.63) is 34.6 Å². The molecule has 0 unspecified atom stereocenters. The lowest BCUT2D eigenvalue weighted by atomic mass is 10.1. The van der Waals surface area contributed by atoms with Gasteiger partial charge in [0.05, 0.1) is 6.42 Å². The molecule has 0 aliphatic rings. The van der Waals surface area contributed by atoms with Crippen LogP contribution in [0.2, 0.25) is 5.02 Å². The van der Waals surface area contributed by atoms with Crippen LogP contribution in [-0.4, -0.2) is 24.4 Å². The molecule has 0 aliphatic carbocycles. The fraction of sp³-hybridized carbons (Fsp3) is 0.385. The molecule has 1 aromatic carbocycles. The largest absolute Gasteiger partial charge is 0.355 e. The van der Waals surface area contributed by atoms with Crippen molar-refractivity contribution in [1.82, 2.24) is 10.6 Å². The molecule has 1 aromatic rings. The lowest BCUT2D eigenvalue weighted by Gasteiger charge is -2.13. The number of amides is 2. The zero-order valence-electron chi connectivity index (χ0n) is 10.8. The van der Waals surface area contributed by atoms with E-state index in [1.165, 1.54) is 18.2 Å². The van der Waals surface area contributed by atoms with Crippen LogP contribution >= 0.6 is 11.6 Å². The van der Waals surface area contributed by atoms with Crippen LogP contribution in [0, 0.1) is 5.82 Å². The van der Waals surface area contributed by atoms with Gasteiger partial charge in [0.1, 0.15) is 11.9 Å². The molecule has 4 nitrogen and oxygen atoms in total. The van der Waals surface area contributed by atoms with E-state index in [2.05, 4.69) is 10.6 Å². The number of carbonyl (C=O) groups excluding carboxylic acids is 2. The topological polar surface area (TPSA) is 58.2 Å². The van der Waals surface area contributed by atoms with Crippen molar-refractivity contribution in [3.8, 4) is 0 Å². The van der Waals surface area contributed by atoms with E-state index in [1.54, 1.807) is 13.8 Å². The summed E-state index contributed by atoms with van der Waals surface area (Å²) in [5, 5.41) is 5.27. The molecule has 0 aliphatic heterocycles. The highest BCUT2D eigenvalue weighted by atomic mass is 35.5. The van der Waals surface area contributed by atoms with Gasteiger partial charge in [0.2, 0.25) is 11.8 Å². The fourth-order valence-corrected chi connectivity index (χ4v) is 1.78. The maximum Gasteiger partial charge on any atom is 0.242 e. The average Bonchev–Trinajstić information content (AvgIpc) is 2.34. The van der Waals surface area contributed by atoms with Gasteiger partial charge >= 0.3 is 0 Å². The van der Waals surface area contributed by atoms with E-state index in [9.17, 15) is 14.0 Å². The van der Waals surface area contributed by atoms with Gasteiger partial charge in [0.25, 0.3) is 0 Å². The van der Waals surface area contributed by atoms with Crippen molar-refractivity contribution < 1.29 is 14.0 Å². The first-order valence-corrected chi connectivity index (χ1v) is 6.33. The number of nitrogens with one attached hydrogen (secondary N) is 2. The molecule has 0 heterocycles. The summed E-state index contributed by atoms with van der Waals surface area (Å²) in [6, 6.07) is 3.55. The molecule has 1 rings (SSSR count). The van der Waals surface area contributed by atoms with Crippen LogP contribution in [0.25, 0.3) is 0 Å². The van der Waals surface area contributed by atoms with Crippen LogP contribution in [0.1, 0.15) is 19.4 Å². The molecule has 0 radical (unpaired) electrons. The average molecular weight is 287 g/mol. The lowest BCUT2D eigenvalue weighted by Crippen LogP contribution is -2.45. The Morgan fingerprint density at radius 2 is 2.11 bits per heavy atom. The number of carbonyl (C=O) groups is 2. The molecule has 104 valence electrons. The number of hydrogen-bond donors (Lipinski definition) is 2. The van der Waals surface area contributed by atoms with E-state index in [0.29, 0.717) is 6.54 Å². The minimum Gasteiger partial charge on any atom is -0.355 e. The molecule has 0 bridgehead atoms. The summed E-state index contributed by atoms with van der Waals surface area (Å²) in [7, 11) is 0. The molecule has 19 heavy (non-hydrogen) atoms. The van der Waals surface area contributed by atoms with Crippen LogP contribution in [0.4, 0.5) is 4.39 Å². The minimum absolute atomic E-state index is 0.129. The maximum atomic E-state index is 13.5. The van der Waals surface area contributed by atoms with Crippen molar-refractivity contribution in [2.24, 2.45) is 0 Å². The van der Waals surface area contributed by atoms with E-state index in [1.807, 2.05) is 0 Å². The second-order valence-electron chi connectivity index (χ2n) is 4.06. The van der Waals surface area contributed by atoms with Gasteiger partial charge in [-0.05, 0) is 26.0 Å². The summed E-state index contributed by atoms with van der Waals surface area (Å²) >= 11 is 5.82. The van der Waals surface area contributed by atoms with Crippen LogP contribution in [-0.2, 0) is 16.0 Å². The van der Waals surface area contributed by atoms with Gasteiger partial charge in [-0.25, -0.2) is 4.39 Å². The van der Waals surface area contributed by atoms with E-state index < -0.39 is 17.8 Å². The molecule has 0 aromatic heterocycles. The Morgan fingerprint density at radius 3 is 2.68 bits per heavy atom. The monoisotopic (exact) mass is 286 g/mol. The smallest absolute Gasteiger partial charge is 0.242 e. The van der Waals surface area contributed by atoms with Crippen LogP contribution < -0.4 is 10.6 Å². The molecule has 2 amide bonds. The summed E-state index contributed by atoms with van der Waals surface area (Å²) in [4.78, 5) is 23.2. The molecule has 0 spiro atoms. The van der Waals surface area contributed by atoms with Gasteiger partial charge in [0.15, 0.2) is 0 Å². The van der Waals surface area contributed by atoms with Crippen molar-refractivity contribution >= 4 is 23.4 Å². The summed E-state index contributed by atoms with van der Waals surface area (Å²) in [5.74, 6) is -1.27. The number of likely N-dealkylation sites (N-methyl/N-ethyl adjacent to an activating group) is 1. The molecule has 1 atom stereocenters. The first kappa shape index (κ1) is 15.4. The van der Waals surface area contributed by atoms with Gasteiger partial charge in [-0.2, -0.15) is 0 Å².